The van der Waals surface area contributed by atoms with Crippen molar-refractivity contribution in [1.82, 2.24) is 10.2 Å². The van der Waals surface area contributed by atoms with E-state index in [4.69, 9.17) is 9.47 Å². The van der Waals surface area contributed by atoms with Gasteiger partial charge in [-0.05, 0) is 67.4 Å². The van der Waals surface area contributed by atoms with E-state index in [2.05, 4.69) is 5.32 Å². The molecule has 2 aromatic rings. The van der Waals surface area contributed by atoms with E-state index in [-0.39, 0.29) is 24.8 Å². The van der Waals surface area contributed by atoms with Crippen LogP contribution in [-0.2, 0) is 25.7 Å². The second-order valence-electron chi connectivity index (χ2n) is 10.5. The predicted octanol–water partition coefficient (Wildman–Crippen LogP) is 5.15. The smallest absolute Gasteiger partial charge is 0.334 e. The van der Waals surface area contributed by atoms with Crippen molar-refractivity contribution in [3.8, 4) is 5.75 Å². The average Bonchev–Trinajstić information content (AvgIpc) is 3.40. The van der Waals surface area contributed by atoms with E-state index in [9.17, 15) is 14.4 Å². The van der Waals surface area contributed by atoms with Crippen LogP contribution < -0.4 is 10.1 Å². The quantitative estimate of drug-likeness (QED) is 0.232. The Morgan fingerprint density at radius 3 is 2.33 bits per heavy atom. The van der Waals surface area contributed by atoms with Crippen molar-refractivity contribution in [3.05, 3.63) is 71.3 Å². The molecule has 2 fully saturated rings. The van der Waals surface area contributed by atoms with E-state index in [1.54, 1.807) is 13.0 Å². The zero-order valence-electron chi connectivity index (χ0n) is 22.9. The number of hydrogen-bond donors (Lipinski definition) is 1. The van der Waals surface area contributed by atoms with Crippen molar-refractivity contribution < 1.29 is 23.9 Å². The molecule has 2 amide bonds. The van der Waals surface area contributed by atoms with Gasteiger partial charge in [-0.1, -0.05) is 55.3 Å². The Kier molecular flexibility index (Phi) is 10.6. The molecule has 2 aliphatic rings. The highest BCUT2D eigenvalue weighted by molar-refractivity contribution is 5.99. The molecule has 0 spiro atoms. The van der Waals surface area contributed by atoms with Crippen molar-refractivity contribution in [2.45, 2.75) is 58.4 Å². The fourth-order valence-corrected chi connectivity index (χ4v) is 5.46. The summed E-state index contributed by atoms with van der Waals surface area (Å²) in [6, 6.07) is 17.2. The van der Waals surface area contributed by atoms with Crippen LogP contribution in [0.5, 0.6) is 5.75 Å². The number of nitrogens with one attached hydrogen (secondary N) is 1. The number of carbonyl (C=O) groups excluding carboxylic acids is 3. The molecule has 0 bridgehead atoms. The van der Waals surface area contributed by atoms with Gasteiger partial charge in [0, 0.05) is 31.6 Å². The predicted molar refractivity (Wildman–Crippen MR) is 151 cm³/mol. The van der Waals surface area contributed by atoms with Crippen LogP contribution in [0, 0.1) is 11.8 Å². The van der Waals surface area contributed by atoms with Gasteiger partial charge in [0.2, 0.25) is 11.8 Å². The zero-order valence-corrected chi connectivity index (χ0v) is 22.9. The Bertz CT molecular complexity index is 1120. The van der Waals surface area contributed by atoms with Crippen LogP contribution in [0.25, 0.3) is 6.08 Å². The largest absolute Gasteiger partial charge is 0.494 e. The van der Waals surface area contributed by atoms with Gasteiger partial charge < -0.3 is 19.7 Å². The highest BCUT2D eigenvalue weighted by Crippen LogP contribution is 2.36. The summed E-state index contributed by atoms with van der Waals surface area (Å²) in [6.45, 7) is 4.58. The van der Waals surface area contributed by atoms with Crippen molar-refractivity contribution in [3.63, 3.8) is 0 Å². The van der Waals surface area contributed by atoms with Gasteiger partial charge in [0.1, 0.15) is 5.75 Å². The third kappa shape index (κ3) is 8.70. The summed E-state index contributed by atoms with van der Waals surface area (Å²) in [5.41, 5.74) is 2.24. The molecule has 2 atom stereocenters. The van der Waals surface area contributed by atoms with E-state index >= 15 is 0 Å². The van der Waals surface area contributed by atoms with Gasteiger partial charge in [0.15, 0.2) is 0 Å². The maximum atomic E-state index is 13.1. The number of rotatable bonds is 12. The van der Waals surface area contributed by atoms with Crippen LogP contribution in [0.15, 0.2) is 60.2 Å². The summed E-state index contributed by atoms with van der Waals surface area (Å²) in [5.74, 6) is 1.44. The molecule has 0 radical (unpaired) electrons. The Morgan fingerprint density at radius 1 is 0.974 bits per heavy atom. The summed E-state index contributed by atoms with van der Waals surface area (Å²) < 4.78 is 11.0. The SMILES string of the molecule is CCOC(=O)/C(=C/c1ccc(OCCCC(=O)NCc2ccccc2)cc1)CC(=O)N1C[C@H]2CCCC[C@H]2C1. The fourth-order valence-electron chi connectivity index (χ4n) is 5.46. The summed E-state index contributed by atoms with van der Waals surface area (Å²) in [7, 11) is 0. The van der Waals surface area contributed by atoms with Crippen LogP contribution in [0.2, 0.25) is 0 Å². The lowest BCUT2D eigenvalue weighted by molar-refractivity contribution is -0.140. The van der Waals surface area contributed by atoms with Crippen molar-refractivity contribution >= 4 is 23.9 Å². The third-order valence-corrected chi connectivity index (χ3v) is 7.58. The maximum Gasteiger partial charge on any atom is 0.334 e. The molecular formula is C32H40N2O5. The number of amides is 2. The van der Waals surface area contributed by atoms with Crippen molar-refractivity contribution in [2.24, 2.45) is 11.8 Å². The number of carbonyl (C=O) groups is 3. The number of esters is 1. The van der Waals surface area contributed by atoms with Gasteiger partial charge in [0.25, 0.3) is 0 Å². The van der Waals surface area contributed by atoms with Crippen molar-refractivity contribution in [1.29, 1.82) is 0 Å². The highest BCUT2D eigenvalue weighted by atomic mass is 16.5. The first-order chi connectivity index (χ1) is 19.0. The lowest BCUT2D eigenvalue weighted by Crippen LogP contribution is -2.30. The summed E-state index contributed by atoms with van der Waals surface area (Å²) in [5, 5.41) is 2.92. The number of ether oxygens (including phenoxy) is 2. The molecular weight excluding hydrogens is 492 g/mol. The molecule has 1 aliphatic heterocycles. The molecule has 7 heteroatoms. The summed E-state index contributed by atoms with van der Waals surface area (Å²) in [4.78, 5) is 39.7. The molecule has 4 rings (SSSR count). The number of likely N-dealkylation sites (tertiary alicyclic amines) is 1. The summed E-state index contributed by atoms with van der Waals surface area (Å²) >= 11 is 0. The lowest BCUT2D eigenvalue weighted by atomic mass is 9.82. The van der Waals surface area contributed by atoms with E-state index in [1.807, 2.05) is 59.5 Å². The Hall–Kier alpha value is -3.61. The Balaban J connectivity index is 1.25. The third-order valence-electron chi connectivity index (χ3n) is 7.58. The van der Waals surface area contributed by atoms with Gasteiger partial charge in [-0.3, -0.25) is 9.59 Å². The first-order valence-electron chi connectivity index (χ1n) is 14.2. The molecule has 1 saturated carbocycles. The van der Waals surface area contributed by atoms with Crippen LogP contribution in [0.4, 0.5) is 0 Å². The zero-order chi connectivity index (χ0) is 27.5. The minimum absolute atomic E-state index is 0.00308. The molecule has 1 heterocycles. The molecule has 1 aliphatic carbocycles. The van der Waals surface area contributed by atoms with Gasteiger partial charge >= 0.3 is 5.97 Å². The summed E-state index contributed by atoms with van der Waals surface area (Å²) in [6.07, 6.45) is 7.68. The minimum atomic E-state index is -0.451. The molecule has 1 saturated heterocycles. The maximum absolute atomic E-state index is 13.1. The van der Waals surface area contributed by atoms with Crippen LogP contribution >= 0.6 is 0 Å². The monoisotopic (exact) mass is 532 g/mol. The minimum Gasteiger partial charge on any atom is -0.494 e. The molecule has 0 unspecified atom stereocenters. The second-order valence-corrected chi connectivity index (χ2v) is 10.5. The topological polar surface area (TPSA) is 84.9 Å². The Morgan fingerprint density at radius 2 is 1.67 bits per heavy atom. The molecule has 1 N–H and O–H groups in total. The van der Waals surface area contributed by atoms with Gasteiger partial charge in [-0.15, -0.1) is 0 Å². The molecule has 7 nitrogen and oxygen atoms in total. The number of hydrogen-bond acceptors (Lipinski definition) is 5. The molecule has 208 valence electrons. The standard InChI is InChI=1S/C32H40N2O5/c1-2-38-32(37)28(20-31(36)34-22-26-11-6-7-12-27(26)23-34)19-24-14-16-29(17-15-24)39-18-8-13-30(35)33-21-25-9-4-3-5-10-25/h3-5,9-10,14-17,19,26-27H,2,6-8,11-13,18,20-23H2,1H3,(H,33,35)/b28-19+/t26-,27+. The Labute approximate surface area is 231 Å². The highest BCUT2D eigenvalue weighted by Gasteiger charge is 2.36. The first-order valence-corrected chi connectivity index (χ1v) is 14.2. The molecule has 2 aromatic carbocycles. The fraction of sp³-hybridized carbons (Fsp3) is 0.469. The van der Waals surface area contributed by atoms with E-state index in [1.165, 1.54) is 25.7 Å². The second kappa shape index (κ2) is 14.5. The molecule has 0 aromatic heterocycles. The van der Waals surface area contributed by atoms with Crippen LogP contribution in [-0.4, -0.2) is 49.0 Å². The van der Waals surface area contributed by atoms with Crippen molar-refractivity contribution in [2.75, 3.05) is 26.3 Å². The average molecular weight is 533 g/mol. The van der Waals surface area contributed by atoms with Gasteiger partial charge in [-0.25, -0.2) is 4.79 Å². The normalized spacial score (nSPS) is 18.8. The van der Waals surface area contributed by atoms with E-state index < -0.39 is 5.97 Å². The van der Waals surface area contributed by atoms with Gasteiger partial charge in [0.05, 0.1) is 19.6 Å². The van der Waals surface area contributed by atoms with E-state index in [0.29, 0.717) is 49.2 Å². The number of nitrogens with zero attached hydrogens (tertiary/aromatic N) is 1. The van der Waals surface area contributed by atoms with Crippen LogP contribution in [0.1, 0.15) is 63.0 Å². The van der Waals surface area contributed by atoms with Crippen LogP contribution in [0.3, 0.4) is 0 Å². The number of fused-ring (bicyclic) bond motifs is 1. The number of benzene rings is 2. The van der Waals surface area contributed by atoms with E-state index in [0.717, 1.165) is 24.2 Å². The van der Waals surface area contributed by atoms with Gasteiger partial charge in [-0.2, -0.15) is 0 Å². The molecule has 39 heavy (non-hydrogen) atoms. The lowest BCUT2D eigenvalue weighted by Gasteiger charge is -2.22. The first kappa shape index (κ1) is 28.4.